The first kappa shape index (κ1) is 22.2. The molecule has 178 valence electrons. The van der Waals surface area contributed by atoms with Gasteiger partial charge in [-0.2, -0.15) is 0 Å². The summed E-state index contributed by atoms with van der Waals surface area (Å²) in [5.74, 6) is 0.649. The summed E-state index contributed by atoms with van der Waals surface area (Å²) in [7, 11) is 0. The molecule has 4 heteroatoms. The van der Waals surface area contributed by atoms with Gasteiger partial charge in [0.25, 0.3) is 5.91 Å². The van der Waals surface area contributed by atoms with Gasteiger partial charge in [0.05, 0.1) is 17.3 Å². The molecule has 3 unspecified atom stereocenters. The Kier molecular flexibility index (Phi) is 5.78. The summed E-state index contributed by atoms with van der Waals surface area (Å²) in [5.41, 5.74) is 8.16. The minimum atomic E-state index is -0.105. The van der Waals surface area contributed by atoms with Crippen LogP contribution >= 0.6 is 0 Å². The maximum absolute atomic E-state index is 13.5. The number of anilines is 4. The van der Waals surface area contributed by atoms with Gasteiger partial charge >= 0.3 is 0 Å². The number of para-hydroxylation sites is 2. The van der Waals surface area contributed by atoms with Crippen molar-refractivity contribution in [2.75, 3.05) is 16.0 Å². The average Bonchev–Trinajstić information content (AvgIpc) is 3.41. The summed E-state index contributed by atoms with van der Waals surface area (Å²) in [4.78, 5) is 13.5. The number of rotatable bonds is 5. The quantitative estimate of drug-likeness (QED) is 0.260. The molecule has 0 saturated carbocycles. The lowest BCUT2D eigenvalue weighted by Crippen LogP contribution is -2.31. The minimum absolute atomic E-state index is 0.105. The third-order valence-electron chi connectivity index (χ3n) is 7.37. The molecule has 2 aliphatic rings. The van der Waals surface area contributed by atoms with Crippen LogP contribution in [0.5, 0.6) is 0 Å². The van der Waals surface area contributed by atoms with E-state index in [1.807, 2.05) is 66.7 Å². The lowest BCUT2D eigenvalue weighted by molar-refractivity contribution is 0.102. The van der Waals surface area contributed by atoms with Crippen LogP contribution in [0.25, 0.3) is 0 Å². The van der Waals surface area contributed by atoms with Crippen LogP contribution in [-0.4, -0.2) is 5.91 Å². The molecule has 1 amide bonds. The van der Waals surface area contributed by atoms with Gasteiger partial charge in [0, 0.05) is 23.0 Å². The van der Waals surface area contributed by atoms with E-state index in [9.17, 15) is 4.79 Å². The molecule has 0 saturated heterocycles. The summed E-state index contributed by atoms with van der Waals surface area (Å²) in [5, 5.41) is 10.3. The Morgan fingerprint density at radius 2 is 1.47 bits per heavy atom. The number of carbonyl (C=O) groups excluding carboxylic acids is 1. The molecule has 1 aliphatic heterocycles. The van der Waals surface area contributed by atoms with Gasteiger partial charge < -0.3 is 16.0 Å². The Balaban J connectivity index is 1.26. The van der Waals surface area contributed by atoms with Crippen LogP contribution in [0.15, 0.2) is 109 Å². The van der Waals surface area contributed by atoms with Crippen molar-refractivity contribution >= 4 is 28.7 Å². The number of allylic oxidation sites excluding steroid dienone is 2. The first-order valence-corrected chi connectivity index (χ1v) is 12.5. The number of benzene rings is 4. The second kappa shape index (κ2) is 9.38. The molecule has 1 aliphatic carbocycles. The molecule has 4 nitrogen and oxygen atoms in total. The first-order valence-electron chi connectivity index (χ1n) is 12.5. The van der Waals surface area contributed by atoms with E-state index in [0.29, 0.717) is 17.4 Å². The van der Waals surface area contributed by atoms with Crippen LogP contribution in [0.1, 0.15) is 45.4 Å². The number of nitrogens with one attached hydrogen (secondary N) is 3. The fraction of sp³-hybridized carbons (Fsp3) is 0.156. The van der Waals surface area contributed by atoms with Crippen LogP contribution in [0, 0.1) is 12.8 Å². The van der Waals surface area contributed by atoms with Crippen molar-refractivity contribution in [2.24, 2.45) is 5.92 Å². The van der Waals surface area contributed by atoms with E-state index in [1.165, 1.54) is 16.7 Å². The van der Waals surface area contributed by atoms with E-state index in [1.54, 1.807) is 0 Å². The molecular weight excluding hydrogens is 442 g/mol. The number of hydrogen-bond donors (Lipinski definition) is 3. The van der Waals surface area contributed by atoms with Gasteiger partial charge in [0.1, 0.15) is 0 Å². The zero-order chi connectivity index (χ0) is 24.5. The molecule has 4 aromatic carbocycles. The molecule has 4 aromatic rings. The predicted octanol–water partition coefficient (Wildman–Crippen LogP) is 7.82. The Bertz CT molecular complexity index is 1430. The fourth-order valence-electron chi connectivity index (χ4n) is 5.58. The van der Waals surface area contributed by atoms with Crippen molar-refractivity contribution in [2.45, 2.75) is 25.3 Å². The lowest BCUT2D eigenvalue weighted by Gasteiger charge is -2.39. The molecule has 1 heterocycles. The SMILES string of the molecule is Cc1ccccc1C1Nc2c(C(=O)Nc3ccc(Nc4ccccc4)cc3)cccc2C2C=CCC21. The van der Waals surface area contributed by atoms with E-state index >= 15 is 0 Å². The number of carbonyl (C=O) groups is 1. The fourth-order valence-corrected chi connectivity index (χ4v) is 5.58. The maximum atomic E-state index is 13.5. The van der Waals surface area contributed by atoms with Crippen LogP contribution in [0.2, 0.25) is 0 Å². The van der Waals surface area contributed by atoms with E-state index in [2.05, 4.69) is 65.4 Å². The smallest absolute Gasteiger partial charge is 0.257 e. The maximum Gasteiger partial charge on any atom is 0.257 e. The van der Waals surface area contributed by atoms with Crippen molar-refractivity contribution in [3.63, 3.8) is 0 Å². The third kappa shape index (κ3) is 4.16. The highest BCUT2D eigenvalue weighted by Gasteiger charge is 2.39. The summed E-state index contributed by atoms with van der Waals surface area (Å²) >= 11 is 0. The van der Waals surface area contributed by atoms with Crippen LogP contribution in [0.4, 0.5) is 22.7 Å². The van der Waals surface area contributed by atoms with Crippen molar-refractivity contribution < 1.29 is 4.79 Å². The van der Waals surface area contributed by atoms with Gasteiger partial charge in [-0.1, -0.05) is 66.7 Å². The van der Waals surface area contributed by atoms with Crippen molar-refractivity contribution in [3.05, 3.63) is 131 Å². The van der Waals surface area contributed by atoms with Crippen LogP contribution in [0.3, 0.4) is 0 Å². The zero-order valence-electron chi connectivity index (χ0n) is 20.2. The molecule has 3 N–H and O–H groups in total. The van der Waals surface area contributed by atoms with Crippen molar-refractivity contribution in [1.29, 1.82) is 0 Å². The van der Waals surface area contributed by atoms with Crippen molar-refractivity contribution in [3.8, 4) is 0 Å². The monoisotopic (exact) mass is 471 g/mol. The molecule has 6 rings (SSSR count). The normalized spacial score (nSPS) is 19.6. The highest BCUT2D eigenvalue weighted by Crippen LogP contribution is 2.51. The Hall–Kier alpha value is -4.31. The largest absolute Gasteiger partial charge is 0.377 e. The Morgan fingerprint density at radius 1 is 0.778 bits per heavy atom. The number of hydrogen-bond acceptors (Lipinski definition) is 3. The van der Waals surface area contributed by atoms with Gasteiger partial charge in [0.2, 0.25) is 0 Å². The van der Waals surface area contributed by atoms with E-state index in [4.69, 9.17) is 0 Å². The number of fused-ring (bicyclic) bond motifs is 3. The summed E-state index contributed by atoms with van der Waals surface area (Å²) in [6, 6.07) is 32.6. The Labute approximate surface area is 212 Å². The second-order valence-corrected chi connectivity index (χ2v) is 9.62. The third-order valence-corrected chi connectivity index (χ3v) is 7.37. The minimum Gasteiger partial charge on any atom is -0.377 e. The molecule has 0 radical (unpaired) electrons. The topological polar surface area (TPSA) is 53.2 Å². The molecule has 0 aromatic heterocycles. The number of aryl methyl sites for hydroxylation is 1. The highest BCUT2D eigenvalue weighted by atomic mass is 16.1. The van der Waals surface area contributed by atoms with Crippen molar-refractivity contribution in [1.82, 2.24) is 0 Å². The van der Waals surface area contributed by atoms with Gasteiger partial charge in [0.15, 0.2) is 0 Å². The predicted molar refractivity (Wildman–Crippen MR) is 148 cm³/mol. The summed E-state index contributed by atoms with van der Waals surface area (Å²) in [6.07, 6.45) is 5.64. The molecule has 0 bridgehead atoms. The molecular formula is C32H29N3O. The van der Waals surface area contributed by atoms with Crippen LogP contribution in [-0.2, 0) is 0 Å². The first-order chi connectivity index (χ1) is 17.7. The molecule has 0 fully saturated rings. The molecule has 0 spiro atoms. The zero-order valence-corrected chi connectivity index (χ0v) is 20.2. The van der Waals surface area contributed by atoms with Gasteiger partial charge in [-0.05, 0) is 78.4 Å². The number of amides is 1. The molecule has 36 heavy (non-hydrogen) atoms. The van der Waals surface area contributed by atoms with E-state index in [0.717, 1.165) is 29.2 Å². The Morgan fingerprint density at radius 3 is 2.28 bits per heavy atom. The lowest BCUT2D eigenvalue weighted by atomic mass is 9.75. The van der Waals surface area contributed by atoms with Gasteiger partial charge in [-0.15, -0.1) is 0 Å². The van der Waals surface area contributed by atoms with Crippen LogP contribution < -0.4 is 16.0 Å². The standard InChI is InChI=1S/C32H29N3O/c1-21-9-5-6-12-25(21)30-27-14-7-13-26(27)28-15-8-16-29(31(28)35-30)32(36)34-24-19-17-23(18-20-24)33-22-10-3-2-4-11-22/h2-13,15-20,26-27,30,33,35H,14H2,1H3,(H,34,36). The van der Waals surface area contributed by atoms with E-state index in [-0.39, 0.29) is 11.9 Å². The van der Waals surface area contributed by atoms with Gasteiger partial charge in [-0.3, -0.25) is 4.79 Å². The molecule has 3 atom stereocenters. The average molecular weight is 472 g/mol. The highest BCUT2D eigenvalue weighted by molar-refractivity contribution is 6.08. The summed E-state index contributed by atoms with van der Waals surface area (Å²) < 4.78 is 0. The van der Waals surface area contributed by atoms with Gasteiger partial charge in [-0.25, -0.2) is 0 Å². The summed E-state index contributed by atoms with van der Waals surface area (Å²) in [6.45, 7) is 2.17. The second-order valence-electron chi connectivity index (χ2n) is 9.62. The van der Waals surface area contributed by atoms with E-state index < -0.39 is 0 Å².